The van der Waals surface area contributed by atoms with Crippen molar-refractivity contribution in [2.24, 2.45) is 0 Å². The van der Waals surface area contributed by atoms with E-state index < -0.39 is 0 Å². The number of nitrogens with zero attached hydrogens (tertiary/aromatic N) is 2. The molecule has 1 aromatic rings. The third kappa shape index (κ3) is 3.79. The molecule has 1 fully saturated rings. The van der Waals surface area contributed by atoms with E-state index in [4.69, 9.17) is 10.00 Å². The van der Waals surface area contributed by atoms with Gasteiger partial charge < -0.3 is 4.74 Å². The molecule has 2 rings (SSSR count). The predicted octanol–water partition coefficient (Wildman–Crippen LogP) is 2.87. The lowest BCUT2D eigenvalue weighted by molar-refractivity contribution is 0.00358. The Labute approximate surface area is 115 Å². The molecule has 3 nitrogen and oxygen atoms in total. The van der Waals surface area contributed by atoms with Crippen molar-refractivity contribution in [3.8, 4) is 6.07 Å². The molecule has 1 aromatic carbocycles. The topological polar surface area (TPSA) is 36.3 Å². The van der Waals surface area contributed by atoms with E-state index in [1.807, 2.05) is 12.1 Å². The highest BCUT2D eigenvalue weighted by Crippen LogP contribution is 2.18. The molecule has 1 atom stereocenters. The molecular formula is C16H22N2O. The number of hydrogen-bond donors (Lipinski definition) is 0. The summed E-state index contributed by atoms with van der Waals surface area (Å²) in [5.74, 6) is 0. The fourth-order valence-electron chi connectivity index (χ4n) is 2.71. The van der Waals surface area contributed by atoms with E-state index in [1.165, 1.54) is 24.0 Å². The minimum Gasteiger partial charge on any atom is -0.377 e. The van der Waals surface area contributed by atoms with Crippen molar-refractivity contribution in [3.63, 3.8) is 0 Å². The summed E-state index contributed by atoms with van der Waals surface area (Å²) in [4.78, 5) is 2.46. The summed E-state index contributed by atoms with van der Waals surface area (Å²) < 4.78 is 5.73. The quantitative estimate of drug-likeness (QED) is 0.833. The molecule has 0 N–H and O–H groups in total. The maximum Gasteiger partial charge on any atom is 0.0991 e. The van der Waals surface area contributed by atoms with Crippen molar-refractivity contribution < 1.29 is 4.74 Å². The average Bonchev–Trinajstić information content (AvgIpc) is 2.42. The van der Waals surface area contributed by atoms with Crippen molar-refractivity contribution in [3.05, 3.63) is 34.9 Å². The van der Waals surface area contributed by atoms with Crippen LogP contribution in [0.1, 0.15) is 36.5 Å². The van der Waals surface area contributed by atoms with E-state index in [2.05, 4.69) is 30.9 Å². The Morgan fingerprint density at radius 3 is 3.00 bits per heavy atom. The Balaban J connectivity index is 1.99. The zero-order chi connectivity index (χ0) is 13.7. The minimum absolute atomic E-state index is 0.387. The Kier molecular flexibility index (Phi) is 4.95. The first-order chi connectivity index (χ1) is 9.22. The van der Waals surface area contributed by atoms with Crippen LogP contribution in [-0.4, -0.2) is 30.7 Å². The average molecular weight is 258 g/mol. The van der Waals surface area contributed by atoms with E-state index in [9.17, 15) is 0 Å². The molecule has 0 aliphatic carbocycles. The zero-order valence-electron chi connectivity index (χ0n) is 11.9. The van der Waals surface area contributed by atoms with Gasteiger partial charge in [0.05, 0.1) is 17.7 Å². The van der Waals surface area contributed by atoms with Gasteiger partial charge in [-0.3, -0.25) is 4.90 Å². The van der Waals surface area contributed by atoms with Gasteiger partial charge in [-0.15, -0.1) is 0 Å². The Morgan fingerprint density at radius 2 is 2.32 bits per heavy atom. The fraction of sp³-hybridized carbons (Fsp3) is 0.562. The molecule has 1 aliphatic rings. The first kappa shape index (κ1) is 14.0. The molecular weight excluding hydrogens is 236 g/mol. The first-order valence-electron chi connectivity index (χ1n) is 7.06. The van der Waals surface area contributed by atoms with Gasteiger partial charge in [-0.25, -0.2) is 0 Å². The van der Waals surface area contributed by atoms with Crippen LogP contribution in [0.5, 0.6) is 0 Å². The summed E-state index contributed by atoms with van der Waals surface area (Å²) in [5, 5.41) is 8.89. The van der Waals surface area contributed by atoms with Crippen LogP contribution in [0.4, 0.5) is 0 Å². The molecule has 19 heavy (non-hydrogen) atoms. The Bertz CT molecular complexity index is 462. The molecule has 1 aliphatic heterocycles. The monoisotopic (exact) mass is 258 g/mol. The van der Waals surface area contributed by atoms with Gasteiger partial charge in [-0.05, 0) is 56.5 Å². The standard InChI is InChI=1S/C16H22N2O/c1-3-19-16-5-4-8-18(12-16)11-15-7-6-14(10-17)9-13(15)2/h6-7,9,16H,3-5,8,11-12H2,1-2H3. The van der Waals surface area contributed by atoms with E-state index in [0.29, 0.717) is 6.10 Å². The van der Waals surface area contributed by atoms with Gasteiger partial charge in [0.25, 0.3) is 0 Å². The number of benzene rings is 1. The lowest BCUT2D eigenvalue weighted by Crippen LogP contribution is -2.39. The third-order valence-electron chi connectivity index (χ3n) is 3.73. The molecule has 0 saturated carbocycles. The Morgan fingerprint density at radius 1 is 1.47 bits per heavy atom. The lowest BCUT2D eigenvalue weighted by atomic mass is 10.0. The second kappa shape index (κ2) is 6.70. The number of piperidine rings is 1. The number of nitriles is 1. The van der Waals surface area contributed by atoms with Gasteiger partial charge >= 0.3 is 0 Å². The molecule has 0 spiro atoms. The van der Waals surface area contributed by atoms with Crippen LogP contribution in [0.3, 0.4) is 0 Å². The highest BCUT2D eigenvalue weighted by molar-refractivity contribution is 5.37. The zero-order valence-corrected chi connectivity index (χ0v) is 11.9. The predicted molar refractivity (Wildman–Crippen MR) is 75.8 cm³/mol. The van der Waals surface area contributed by atoms with E-state index >= 15 is 0 Å². The number of likely N-dealkylation sites (tertiary alicyclic amines) is 1. The van der Waals surface area contributed by atoms with Crippen LogP contribution in [-0.2, 0) is 11.3 Å². The SMILES string of the molecule is CCOC1CCCN(Cc2ccc(C#N)cc2C)C1. The van der Waals surface area contributed by atoms with Crippen LogP contribution in [0.25, 0.3) is 0 Å². The van der Waals surface area contributed by atoms with Crippen LogP contribution in [0.15, 0.2) is 18.2 Å². The summed E-state index contributed by atoms with van der Waals surface area (Å²) in [6.07, 6.45) is 2.77. The normalized spacial score (nSPS) is 20.2. The molecule has 1 heterocycles. The molecule has 0 bridgehead atoms. The van der Waals surface area contributed by atoms with Gasteiger partial charge in [0, 0.05) is 19.7 Å². The maximum atomic E-state index is 8.89. The second-order valence-electron chi connectivity index (χ2n) is 5.21. The molecule has 0 radical (unpaired) electrons. The van der Waals surface area contributed by atoms with Gasteiger partial charge in [0.1, 0.15) is 0 Å². The summed E-state index contributed by atoms with van der Waals surface area (Å²) in [6.45, 7) is 8.07. The molecule has 3 heteroatoms. The summed E-state index contributed by atoms with van der Waals surface area (Å²) >= 11 is 0. The summed E-state index contributed by atoms with van der Waals surface area (Å²) in [7, 11) is 0. The van der Waals surface area contributed by atoms with Crippen molar-refractivity contribution in [2.75, 3.05) is 19.7 Å². The van der Waals surface area contributed by atoms with Crippen LogP contribution >= 0.6 is 0 Å². The Hall–Kier alpha value is -1.37. The summed E-state index contributed by atoms with van der Waals surface area (Å²) in [6, 6.07) is 8.15. The smallest absolute Gasteiger partial charge is 0.0991 e. The lowest BCUT2D eigenvalue weighted by Gasteiger charge is -2.32. The van der Waals surface area contributed by atoms with Crippen LogP contribution < -0.4 is 0 Å². The van der Waals surface area contributed by atoms with Crippen molar-refractivity contribution in [2.45, 2.75) is 39.3 Å². The van der Waals surface area contributed by atoms with Crippen LogP contribution in [0.2, 0.25) is 0 Å². The van der Waals surface area contributed by atoms with Crippen molar-refractivity contribution >= 4 is 0 Å². The number of ether oxygens (including phenoxy) is 1. The van der Waals surface area contributed by atoms with E-state index in [0.717, 1.165) is 31.8 Å². The highest BCUT2D eigenvalue weighted by Gasteiger charge is 2.20. The molecule has 102 valence electrons. The van der Waals surface area contributed by atoms with E-state index in [-0.39, 0.29) is 0 Å². The van der Waals surface area contributed by atoms with E-state index in [1.54, 1.807) is 0 Å². The largest absolute Gasteiger partial charge is 0.377 e. The van der Waals surface area contributed by atoms with Crippen molar-refractivity contribution in [1.82, 2.24) is 4.90 Å². The molecule has 0 amide bonds. The number of hydrogen-bond acceptors (Lipinski definition) is 3. The first-order valence-corrected chi connectivity index (χ1v) is 7.06. The molecule has 1 saturated heterocycles. The van der Waals surface area contributed by atoms with Gasteiger partial charge in [0.15, 0.2) is 0 Å². The number of aryl methyl sites for hydroxylation is 1. The van der Waals surface area contributed by atoms with Crippen LogP contribution in [0, 0.1) is 18.3 Å². The second-order valence-corrected chi connectivity index (χ2v) is 5.21. The van der Waals surface area contributed by atoms with Gasteiger partial charge in [0.2, 0.25) is 0 Å². The summed E-state index contributed by atoms with van der Waals surface area (Å²) in [5.41, 5.74) is 3.26. The minimum atomic E-state index is 0.387. The third-order valence-corrected chi connectivity index (χ3v) is 3.73. The van der Waals surface area contributed by atoms with Crippen molar-refractivity contribution in [1.29, 1.82) is 5.26 Å². The number of rotatable bonds is 4. The molecule has 1 unspecified atom stereocenters. The highest BCUT2D eigenvalue weighted by atomic mass is 16.5. The maximum absolute atomic E-state index is 8.89. The van der Waals surface area contributed by atoms with Gasteiger partial charge in [-0.1, -0.05) is 6.07 Å². The fourth-order valence-corrected chi connectivity index (χ4v) is 2.71. The molecule has 0 aromatic heterocycles. The van der Waals surface area contributed by atoms with Gasteiger partial charge in [-0.2, -0.15) is 5.26 Å².